The van der Waals surface area contributed by atoms with Gasteiger partial charge in [-0.25, -0.2) is 4.98 Å². The summed E-state index contributed by atoms with van der Waals surface area (Å²) < 4.78 is 1.11. The van der Waals surface area contributed by atoms with Crippen molar-refractivity contribution in [2.75, 3.05) is 5.32 Å². The number of hydrogen-bond donors (Lipinski definition) is 2. The highest BCUT2D eigenvalue weighted by Gasteiger charge is 2.29. The van der Waals surface area contributed by atoms with Crippen LogP contribution in [0.4, 0.5) is 5.82 Å². The number of rotatable bonds is 1. The minimum Gasteiger partial charge on any atom is -0.313 e. The molecule has 0 aliphatic carbocycles. The van der Waals surface area contributed by atoms with Crippen molar-refractivity contribution >= 4 is 34.3 Å². The highest BCUT2D eigenvalue weighted by atomic mass is 127. The second-order valence-corrected chi connectivity index (χ2v) is 5.60. The number of aromatic nitrogens is 2. The quantitative estimate of drug-likeness (QED) is 0.756. The highest BCUT2D eigenvalue weighted by Crippen LogP contribution is 2.33. The lowest BCUT2D eigenvalue weighted by Gasteiger charge is -2.23. The predicted molar refractivity (Wildman–Crippen MR) is 79.1 cm³/mol. The van der Waals surface area contributed by atoms with Crippen LogP contribution in [0.1, 0.15) is 23.5 Å². The fraction of sp³-hybridized carbons (Fsp3) is 0.154. The molecule has 0 bridgehead atoms. The molecule has 0 saturated heterocycles. The minimum absolute atomic E-state index is 0.117. The van der Waals surface area contributed by atoms with Gasteiger partial charge in [0.25, 0.3) is 5.56 Å². The van der Waals surface area contributed by atoms with Crippen LogP contribution in [0.5, 0.6) is 0 Å². The molecule has 6 heteroatoms. The summed E-state index contributed by atoms with van der Waals surface area (Å²) in [5.41, 5.74) is 1.28. The molecule has 0 fully saturated rings. The maximum Gasteiger partial charge on any atom is 0.256 e. The summed E-state index contributed by atoms with van der Waals surface area (Å²) in [5, 5.41) is 2.64. The number of fused-ring (bicyclic) bond motifs is 1. The van der Waals surface area contributed by atoms with Crippen LogP contribution < -0.4 is 10.9 Å². The van der Waals surface area contributed by atoms with Crippen molar-refractivity contribution in [1.82, 2.24) is 9.97 Å². The van der Waals surface area contributed by atoms with Crippen molar-refractivity contribution in [1.29, 1.82) is 0 Å². The summed E-state index contributed by atoms with van der Waals surface area (Å²) >= 11 is 2.22. The summed E-state index contributed by atoms with van der Waals surface area (Å²) in [5.74, 6) is 0.0101. The Labute approximate surface area is 122 Å². The lowest BCUT2D eigenvalue weighted by molar-refractivity contribution is -0.116. The monoisotopic (exact) mass is 367 g/mol. The van der Waals surface area contributed by atoms with Gasteiger partial charge in [-0.3, -0.25) is 9.59 Å². The first-order valence-corrected chi connectivity index (χ1v) is 6.86. The SMILES string of the molecule is O=C1CC(c2ccc(I)cc2)c2c(nc[nH]c2=O)N1. The fourth-order valence-corrected chi connectivity index (χ4v) is 2.64. The normalized spacial score (nSPS) is 17.7. The predicted octanol–water partition coefficient (Wildman–Crippen LogP) is 1.85. The second-order valence-electron chi connectivity index (χ2n) is 4.35. The van der Waals surface area contributed by atoms with Crippen molar-refractivity contribution < 1.29 is 4.79 Å². The van der Waals surface area contributed by atoms with Gasteiger partial charge in [-0.15, -0.1) is 0 Å². The molecule has 1 aromatic heterocycles. The Bertz CT molecular complexity index is 694. The average Bonchev–Trinajstić information content (AvgIpc) is 2.38. The number of aromatic amines is 1. The van der Waals surface area contributed by atoms with Gasteiger partial charge in [0.05, 0.1) is 11.9 Å². The average molecular weight is 367 g/mol. The van der Waals surface area contributed by atoms with E-state index >= 15 is 0 Å². The van der Waals surface area contributed by atoms with Crippen molar-refractivity contribution in [2.45, 2.75) is 12.3 Å². The number of amides is 1. The van der Waals surface area contributed by atoms with E-state index in [9.17, 15) is 9.59 Å². The summed E-state index contributed by atoms with van der Waals surface area (Å²) in [6, 6.07) is 7.82. The van der Waals surface area contributed by atoms with Gasteiger partial charge in [0.2, 0.25) is 5.91 Å². The summed E-state index contributed by atoms with van der Waals surface area (Å²) in [4.78, 5) is 30.3. The van der Waals surface area contributed by atoms with Crippen LogP contribution in [-0.4, -0.2) is 15.9 Å². The largest absolute Gasteiger partial charge is 0.313 e. The Kier molecular flexibility index (Phi) is 3.09. The standard InChI is InChI=1S/C13H10IN3O2/c14-8-3-1-7(2-4-8)9-5-10(18)17-12-11(9)13(19)16-6-15-12/h1-4,6,9H,5H2,(H2,15,16,17,18,19). The van der Waals surface area contributed by atoms with E-state index in [4.69, 9.17) is 0 Å². The third-order valence-corrected chi connectivity index (χ3v) is 3.88. The molecule has 2 N–H and O–H groups in total. The third-order valence-electron chi connectivity index (χ3n) is 3.16. The van der Waals surface area contributed by atoms with Crippen LogP contribution in [-0.2, 0) is 4.79 Å². The van der Waals surface area contributed by atoms with E-state index in [0.717, 1.165) is 9.13 Å². The first-order valence-electron chi connectivity index (χ1n) is 5.78. The van der Waals surface area contributed by atoms with Gasteiger partial charge in [-0.1, -0.05) is 12.1 Å². The van der Waals surface area contributed by atoms with Crippen LogP contribution in [0, 0.1) is 3.57 Å². The molecule has 2 heterocycles. The molecule has 1 atom stereocenters. The minimum atomic E-state index is -0.238. The highest BCUT2D eigenvalue weighted by molar-refractivity contribution is 14.1. The van der Waals surface area contributed by atoms with Gasteiger partial charge < -0.3 is 10.3 Å². The van der Waals surface area contributed by atoms with Crippen molar-refractivity contribution in [3.63, 3.8) is 0 Å². The van der Waals surface area contributed by atoms with Crippen LogP contribution in [0.2, 0.25) is 0 Å². The zero-order valence-corrected chi connectivity index (χ0v) is 12.0. The number of carbonyl (C=O) groups is 1. The van der Waals surface area contributed by atoms with Crippen molar-refractivity contribution in [2.24, 2.45) is 0 Å². The number of carbonyl (C=O) groups excluding carboxylic acids is 1. The second kappa shape index (κ2) is 4.76. The molecule has 1 aromatic carbocycles. The van der Waals surface area contributed by atoms with Crippen molar-refractivity contribution in [3.05, 3.63) is 55.6 Å². The van der Waals surface area contributed by atoms with Crippen LogP contribution >= 0.6 is 22.6 Å². The Balaban J connectivity index is 2.15. The number of anilines is 1. The van der Waals surface area contributed by atoms with E-state index < -0.39 is 0 Å². The zero-order valence-electron chi connectivity index (χ0n) is 9.81. The summed E-state index contributed by atoms with van der Waals surface area (Å²) in [6.45, 7) is 0. The fourth-order valence-electron chi connectivity index (χ4n) is 2.28. The van der Waals surface area contributed by atoms with Crippen LogP contribution in [0.15, 0.2) is 35.4 Å². The number of nitrogens with one attached hydrogen (secondary N) is 2. The first kappa shape index (κ1) is 12.3. The Morgan fingerprint density at radius 2 is 1.95 bits per heavy atom. The van der Waals surface area contributed by atoms with Gasteiger partial charge in [-0.2, -0.15) is 0 Å². The number of H-pyrrole nitrogens is 1. The molecule has 0 spiro atoms. The number of benzene rings is 1. The number of hydrogen-bond acceptors (Lipinski definition) is 3. The smallest absolute Gasteiger partial charge is 0.256 e. The molecule has 1 unspecified atom stereocenters. The van der Waals surface area contributed by atoms with Gasteiger partial charge in [0.15, 0.2) is 0 Å². The summed E-state index contributed by atoms with van der Waals surface area (Å²) in [6.07, 6.45) is 1.57. The lowest BCUT2D eigenvalue weighted by Crippen LogP contribution is -2.30. The van der Waals surface area contributed by atoms with Crippen molar-refractivity contribution in [3.8, 4) is 0 Å². The van der Waals surface area contributed by atoms with E-state index in [1.54, 1.807) is 0 Å². The van der Waals surface area contributed by atoms with Gasteiger partial charge in [0.1, 0.15) is 5.82 Å². The molecule has 96 valence electrons. The van der Waals surface area contributed by atoms with Gasteiger partial charge in [-0.05, 0) is 40.3 Å². The number of nitrogens with zero attached hydrogens (tertiary/aromatic N) is 1. The van der Waals surface area contributed by atoms with Crippen LogP contribution in [0.25, 0.3) is 0 Å². The van der Waals surface area contributed by atoms with E-state index in [0.29, 0.717) is 11.4 Å². The molecule has 19 heavy (non-hydrogen) atoms. The van der Waals surface area contributed by atoms with E-state index in [1.807, 2.05) is 24.3 Å². The molecule has 1 aliphatic heterocycles. The Hall–Kier alpha value is -1.70. The van der Waals surface area contributed by atoms with Gasteiger partial charge in [0, 0.05) is 15.9 Å². The maximum absolute atomic E-state index is 12.0. The molecule has 3 rings (SSSR count). The lowest BCUT2D eigenvalue weighted by atomic mass is 9.87. The summed E-state index contributed by atoms with van der Waals surface area (Å²) in [7, 11) is 0. The first-order chi connectivity index (χ1) is 9.15. The molecule has 2 aromatic rings. The molecular weight excluding hydrogens is 357 g/mol. The van der Waals surface area contributed by atoms with E-state index in [-0.39, 0.29) is 23.8 Å². The van der Waals surface area contributed by atoms with E-state index in [2.05, 4.69) is 37.9 Å². The maximum atomic E-state index is 12.0. The Morgan fingerprint density at radius 3 is 2.68 bits per heavy atom. The van der Waals surface area contributed by atoms with Gasteiger partial charge >= 0.3 is 0 Å². The Morgan fingerprint density at radius 1 is 1.21 bits per heavy atom. The molecular formula is C13H10IN3O2. The molecule has 0 saturated carbocycles. The molecule has 5 nitrogen and oxygen atoms in total. The molecule has 1 amide bonds. The number of halogens is 1. The molecule has 1 aliphatic rings. The topological polar surface area (TPSA) is 74.8 Å². The van der Waals surface area contributed by atoms with Crippen LogP contribution in [0.3, 0.4) is 0 Å². The van der Waals surface area contributed by atoms with E-state index in [1.165, 1.54) is 6.33 Å². The zero-order chi connectivity index (χ0) is 13.4. The third kappa shape index (κ3) is 2.27. The molecule has 0 radical (unpaired) electrons.